The van der Waals surface area contributed by atoms with Crippen LogP contribution in [0.4, 0.5) is 30.5 Å². The summed E-state index contributed by atoms with van der Waals surface area (Å²) in [5.41, 5.74) is 2.39. The monoisotopic (exact) mass is 498 g/mol. The Morgan fingerprint density at radius 2 is 1.86 bits per heavy atom. The van der Waals surface area contributed by atoms with E-state index in [2.05, 4.69) is 22.5 Å². The Bertz CT molecular complexity index is 1220. The molecule has 9 heteroatoms. The first-order valence-corrected chi connectivity index (χ1v) is 11.9. The molecule has 2 N–H and O–H groups in total. The van der Waals surface area contributed by atoms with Gasteiger partial charge >= 0.3 is 6.18 Å². The van der Waals surface area contributed by atoms with Crippen molar-refractivity contribution in [2.75, 3.05) is 48.4 Å². The predicted molar refractivity (Wildman–Crippen MR) is 136 cm³/mol. The maximum Gasteiger partial charge on any atom is 0.416 e. The van der Waals surface area contributed by atoms with Gasteiger partial charge in [-0.15, -0.1) is 0 Å². The first-order chi connectivity index (χ1) is 17.2. The Morgan fingerprint density at radius 3 is 2.58 bits per heavy atom. The lowest BCUT2D eigenvalue weighted by Crippen LogP contribution is -2.36. The number of aryl methyl sites for hydroxylation is 1. The first-order valence-electron chi connectivity index (χ1n) is 11.9. The van der Waals surface area contributed by atoms with Crippen molar-refractivity contribution in [3.63, 3.8) is 0 Å². The number of nitrogens with one attached hydrogen (secondary N) is 2. The molecule has 0 atom stereocenters. The molecule has 6 nitrogen and oxygen atoms in total. The van der Waals surface area contributed by atoms with E-state index in [1.165, 1.54) is 12.1 Å². The number of ether oxygens (including phenoxy) is 1. The summed E-state index contributed by atoms with van der Waals surface area (Å²) in [6.45, 7) is 7.61. The number of carbonyl (C=O) groups excluding carboxylic acids is 1. The molecule has 4 rings (SSSR count). The Labute approximate surface area is 208 Å². The van der Waals surface area contributed by atoms with Gasteiger partial charge in [-0.1, -0.05) is 19.1 Å². The van der Waals surface area contributed by atoms with Crippen LogP contribution in [-0.2, 0) is 10.9 Å². The molecule has 1 aliphatic heterocycles. The van der Waals surface area contributed by atoms with Crippen molar-refractivity contribution in [3.8, 4) is 11.1 Å². The van der Waals surface area contributed by atoms with Crippen LogP contribution in [0.15, 0.2) is 54.6 Å². The van der Waals surface area contributed by atoms with Crippen LogP contribution >= 0.6 is 0 Å². The van der Waals surface area contributed by atoms with E-state index in [0.29, 0.717) is 18.9 Å². The molecule has 0 saturated carbocycles. The highest BCUT2D eigenvalue weighted by Gasteiger charge is 2.31. The molecule has 1 fully saturated rings. The van der Waals surface area contributed by atoms with E-state index < -0.39 is 17.6 Å². The lowest BCUT2D eigenvalue weighted by molar-refractivity contribution is -0.137. The molecule has 1 amide bonds. The topological polar surface area (TPSA) is 66.5 Å². The summed E-state index contributed by atoms with van der Waals surface area (Å²) in [6, 6.07) is 13.8. The molecular weight excluding hydrogens is 469 g/mol. The number of anilines is 3. The van der Waals surface area contributed by atoms with Gasteiger partial charge in [-0.05, 0) is 72.5 Å². The smallest absolute Gasteiger partial charge is 0.378 e. The minimum Gasteiger partial charge on any atom is -0.378 e. The van der Waals surface area contributed by atoms with Crippen LogP contribution in [0.5, 0.6) is 0 Å². The van der Waals surface area contributed by atoms with Crippen molar-refractivity contribution in [1.82, 2.24) is 4.98 Å². The molecule has 1 saturated heterocycles. The van der Waals surface area contributed by atoms with Crippen LogP contribution in [-0.4, -0.2) is 43.7 Å². The summed E-state index contributed by atoms with van der Waals surface area (Å²) in [5, 5.41) is 6.10. The van der Waals surface area contributed by atoms with Gasteiger partial charge in [0.1, 0.15) is 11.6 Å². The number of carbonyl (C=O) groups is 1. The average Bonchev–Trinajstić information content (AvgIpc) is 2.88. The lowest BCUT2D eigenvalue weighted by atomic mass is 10.00. The molecule has 36 heavy (non-hydrogen) atoms. The molecule has 0 aliphatic carbocycles. The van der Waals surface area contributed by atoms with Gasteiger partial charge in [0.2, 0.25) is 0 Å². The van der Waals surface area contributed by atoms with E-state index >= 15 is 0 Å². The van der Waals surface area contributed by atoms with E-state index in [9.17, 15) is 18.0 Å². The van der Waals surface area contributed by atoms with Gasteiger partial charge < -0.3 is 20.3 Å². The third-order valence-electron chi connectivity index (χ3n) is 5.96. The Kier molecular flexibility index (Phi) is 7.79. The zero-order valence-electron chi connectivity index (χ0n) is 20.3. The second kappa shape index (κ2) is 11.0. The van der Waals surface area contributed by atoms with Crippen LogP contribution in [0.1, 0.15) is 34.8 Å². The summed E-state index contributed by atoms with van der Waals surface area (Å²) in [7, 11) is 0. The van der Waals surface area contributed by atoms with Crippen LogP contribution in [0.25, 0.3) is 11.1 Å². The van der Waals surface area contributed by atoms with Gasteiger partial charge in [0.25, 0.3) is 5.91 Å². The van der Waals surface area contributed by atoms with Gasteiger partial charge in [-0.3, -0.25) is 4.79 Å². The van der Waals surface area contributed by atoms with E-state index in [-0.39, 0.29) is 5.56 Å². The summed E-state index contributed by atoms with van der Waals surface area (Å²) < 4.78 is 44.7. The zero-order valence-corrected chi connectivity index (χ0v) is 20.3. The molecule has 190 valence electrons. The molecule has 0 spiro atoms. The summed E-state index contributed by atoms with van der Waals surface area (Å²) in [4.78, 5) is 19.7. The van der Waals surface area contributed by atoms with E-state index in [4.69, 9.17) is 9.72 Å². The quantitative estimate of drug-likeness (QED) is 0.419. The van der Waals surface area contributed by atoms with Gasteiger partial charge in [-0.2, -0.15) is 13.2 Å². The van der Waals surface area contributed by atoms with Crippen LogP contribution in [0.3, 0.4) is 0 Å². The Hall–Kier alpha value is -3.59. The molecule has 2 aromatic carbocycles. The third kappa shape index (κ3) is 6.15. The van der Waals surface area contributed by atoms with Crippen LogP contribution in [0, 0.1) is 6.92 Å². The van der Waals surface area contributed by atoms with Crippen molar-refractivity contribution < 1.29 is 22.7 Å². The lowest BCUT2D eigenvalue weighted by Gasteiger charge is -2.28. The number of benzene rings is 2. The third-order valence-corrected chi connectivity index (χ3v) is 5.96. The Morgan fingerprint density at radius 1 is 1.08 bits per heavy atom. The Balaban J connectivity index is 1.64. The van der Waals surface area contributed by atoms with Crippen molar-refractivity contribution in [1.29, 1.82) is 0 Å². The first kappa shape index (κ1) is 25.5. The number of amides is 1. The minimum absolute atomic E-state index is 0.0588. The fraction of sp³-hybridized carbons (Fsp3) is 0.333. The second-order valence-corrected chi connectivity index (χ2v) is 8.69. The zero-order chi connectivity index (χ0) is 25.7. The predicted octanol–water partition coefficient (Wildman–Crippen LogP) is 5.99. The van der Waals surface area contributed by atoms with Crippen molar-refractivity contribution in [2.45, 2.75) is 26.4 Å². The molecule has 0 unspecified atom stereocenters. The van der Waals surface area contributed by atoms with E-state index in [0.717, 1.165) is 66.5 Å². The molecule has 2 heterocycles. The number of pyridine rings is 1. The molecule has 1 aliphatic rings. The van der Waals surface area contributed by atoms with E-state index in [1.54, 1.807) is 6.07 Å². The highest BCUT2D eigenvalue weighted by atomic mass is 19.4. The maximum atomic E-state index is 13.1. The number of alkyl halides is 3. The van der Waals surface area contributed by atoms with Gasteiger partial charge in [-0.25, -0.2) is 4.98 Å². The highest BCUT2D eigenvalue weighted by molar-refractivity contribution is 6.04. The van der Waals surface area contributed by atoms with Gasteiger partial charge in [0, 0.05) is 30.9 Å². The van der Waals surface area contributed by atoms with Crippen molar-refractivity contribution in [3.05, 3.63) is 71.3 Å². The SMILES string of the molecule is CCCNc1cc(-c2cc(NC(=O)c3cccc(C(F)(F)F)c3)ccc2C)cc(N2CCOCC2)n1. The molecule has 0 bridgehead atoms. The minimum atomic E-state index is -4.52. The number of rotatable bonds is 7. The number of aromatic nitrogens is 1. The largest absolute Gasteiger partial charge is 0.416 e. The maximum absolute atomic E-state index is 13.1. The number of halogens is 3. The molecule has 3 aromatic rings. The fourth-order valence-electron chi connectivity index (χ4n) is 4.02. The number of hydrogen-bond acceptors (Lipinski definition) is 5. The number of nitrogens with zero attached hydrogens (tertiary/aromatic N) is 2. The van der Waals surface area contributed by atoms with Crippen molar-refractivity contribution in [2.24, 2.45) is 0 Å². The fourth-order valence-corrected chi connectivity index (χ4v) is 4.02. The number of hydrogen-bond donors (Lipinski definition) is 2. The normalized spacial score (nSPS) is 14.0. The molecule has 1 aromatic heterocycles. The summed E-state index contributed by atoms with van der Waals surface area (Å²) >= 11 is 0. The van der Waals surface area contributed by atoms with Gasteiger partial charge in [0.15, 0.2) is 0 Å². The highest BCUT2D eigenvalue weighted by Crippen LogP contribution is 2.32. The molecule has 0 radical (unpaired) electrons. The molecular formula is C27H29F3N4O2. The van der Waals surface area contributed by atoms with Crippen LogP contribution in [0.2, 0.25) is 0 Å². The number of morpholine rings is 1. The second-order valence-electron chi connectivity index (χ2n) is 8.69. The summed E-state index contributed by atoms with van der Waals surface area (Å²) in [5.74, 6) is 0.991. The standard InChI is InChI=1S/C27H29F3N4O2/c1-3-9-31-24-15-20(16-25(33-24)34-10-12-36-13-11-34)23-17-22(8-7-18(23)2)32-26(35)19-5-4-6-21(14-19)27(28,29)30/h4-8,14-17H,3,9-13H2,1-2H3,(H,31,33)(H,32,35). The van der Waals surface area contributed by atoms with Crippen molar-refractivity contribution >= 4 is 23.2 Å². The van der Waals surface area contributed by atoms with Gasteiger partial charge in [0.05, 0.1) is 18.8 Å². The van der Waals surface area contributed by atoms with E-state index in [1.807, 2.05) is 31.2 Å². The van der Waals surface area contributed by atoms with Crippen LogP contribution < -0.4 is 15.5 Å². The average molecular weight is 499 g/mol. The summed E-state index contributed by atoms with van der Waals surface area (Å²) in [6.07, 6.45) is -3.56.